The van der Waals surface area contributed by atoms with E-state index in [0.29, 0.717) is 12.5 Å². The second-order valence-corrected chi connectivity index (χ2v) is 5.00. The number of hydrogen-bond acceptors (Lipinski definition) is 3. The first-order valence-electron chi connectivity index (χ1n) is 6.56. The standard InChI is InChI=1S/C15H25NO2/c1-5-12(2)15(17)11-16(3)10-13-6-8-14(18-4)9-7-13/h6-9,12,15,17H,5,10-11H2,1-4H3. The Balaban J connectivity index is 2.45. The normalized spacial score (nSPS) is 14.6. The summed E-state index contributed by atoms with van der Waals surface area (Å²) < 4.78 is 5.13. The zero-order valence-electron chi connectivity index (χ0n) is 11.9. The second-order valence-electron chi connectivity index (χ2n) is 5.00. The van der Waals surface area contributed by atoms with Crippen LogP contribution in [-0.2, 0) is 6.54 Å². The van der Waals surface area contributed by atoms with Gasteiger partial charge in [0.2, 0.25) is 0 Å². The first-order valence-corrected chi connectivity index (χ1v) is 6.56. The number of likely N-dealkylation sites (N-methyl/N-ethyl adjacent to an activating group) is 1. The van der Waals surface area contributed by atoms with Crippen molar-refractivity contribution in [2.45, 2.75) is 32.9 Å². The van der Waals surface area contributed by atoms with Crippen molar-refractivity contribution in [2.75, 3.05) is 20.7 Å². The average Bonchev–Trinajstić information content (AvgIpc) is 2.38. The third-order valence-corrected chi connectivity index (χ3v) is 3.41. The monoisotopic (exact) mass is 251 g/mol. The van der Waals surface area contributed by atoms with E-state index in [0.717, 1.165) is 18.7 Å². The topological polar surface area (TPSA) is 32.7 Å². The molecule has 2 atom stereocenters. The van der Waals surface area contributed by atoms with Crippen LogP contribution in [0.3, 0.4) is 0 Å². The molecule has 0 bridgehead atoms. The minimum absolute atomic E-state index is 0.252. The summed E-state index contributed by atoms with van der Waals surface area (Å²) >= 11 is 0. The third kappa shape index (κ3) is 4.67. The van der Waals surface area contributed by atoms with E-state index >= 15 is 0 Å². The number of rotatable bonds is 7. The predicted molar refractivity (Wildman–Crippen MR) is 74.8 cm³/mol. The molecule has 0 heterocycles. The quantitative estimate of drug-likeness (QED) is 0.808. The minimum atomic E-state index is -0.252. The molecule has 0 amide bonds. The first-order chi connectivity index (χ1) is 8.56. The highest BCUT2D eigenvalue weighted by molar-refractivity contribution is 5.27. The fraction of sp³-hybridized carbons (Fsp3) is 0.600. The van der Waals surface area contributed by atoms with Crippen molar-refractivity contribution < 1.29 is 9.84 Å². The van der Waals surface area contributed by atoms with Crippen LogP contribution in [0.4, 0.5) is 0 Å². The Morgan fingerprint density at radius 3 is 2.39 bits per heavy atom. The van der Waals surface area contributed by atoms with Gasteiger partial charge >= 0.3 is 0 Å². The fourth-order valence-electron chi connectivity index (χ4n) is 1.88. The summed E-state index contributed by atoms with van der Waals surface area (Å²) in [6.07, 6.45) is 0.760. The summed E-state index contributed by atoms with van der Waals surface area (Å²) in [7, 11) is 3.71. The maximum absolute atomic E-state index is 9.99. The van der Waals surface area contributed by atoms with Crippen LogP contribution in [0.15, 0.2) is 24.3 Å². The molecule has 0 aliphatic rings. The lowest BCUT2D eigenvalue weighted by Gasteiger charge is -2.24. The summed E-state index contributed by atoms with van der Waals surface area (Å²) in [5, 5.41) is 9.99. The van der Waals surface area contributed by atoms with Gasteiger partial charge in [0.25, 0.3) is 0 Å². The molecule has 1 aromatic carbocycles. The van der Waals surface area contributed by atoms with E-state index < -0.39 is 0 Å². The van der Waals surface area contributed by atoms with Gasteiger partial charge in [-0.25, -0.2) is 0 Å². The summed E-state index contributed by atoms with van der Waals surface area (Å²) in [6.45, 7) is 5.75. The Morgan fingerprint density at radius 2 is 1.89 bits per heavy atom. The molecular formula is C15H25NO2. The smallest absolute Gasteiger partial charge is 0.118 e. The lowest BCUT2D eigenvalue weighted by Crippen LogP contribution is -2.32. The number of nitrogens with zero attached hydrogens (tertiary/aromatic N) is 1. The molecule has 18 heavy (non-hydrogen) atoms. The molecule has 1 N–H and O–H groups in total. The molecule has 0 saturated heterocycles. The van der Waals surface area contributed by atoms with Crippen LogP contribution >= 0.6 is 0 Å². The van der Waals surface area contributed by atoms with Crippen LogP contribution in [0, 0.1) is 5.92 Å². The van der Waals surface area contributed by atoms with E-state index in [9.17, 15) is 5.11 Å². The Kier molecular flexibility index (Phi) is 6.16. The van der Waals surface area contributed by atoms with Crippen molar-refractivity contribution in [2.24, 2.45) is 5.92 Å². The SMILES string of the molecule is CCC(C)C(O)CN(C)Cc1ccc(OC)cc1. The summed E-state index contributed by atoms with van der Waals surface area (Å²) in [6, 6.07) is 8.05. The van der Waals surface area contributed by atoms with E-state index in [-0.39, 0.29) is 6.10 Å². The van der Waals surface area contributed by atoms with Crippen molar-refractivity contribution in [1.82, 2.24) is 4.90 Å². The highest BCUT2D eigenvalue weighted by atomic mass is 16.5. The van der Waals surface area contributed by atoms with Gasteiger partial charge in [0, 0.05) is 13.1 Å². The van der Waals surface area contributed by atoms with Gasteiger partial charge < -0.3 is 9.84 Å². The van der Waals surface area contributed by atoms with Crippen molar-refractivity contribution in [3.05, 3.63) is 29.8 Å². The zero-order chi connectivity index (χ0) is 13.5. The molecular weight excluding hydrogens is 226 g/mol. The molecule has 3 nitrogen and oxygen atoms in total. The number of ether oxygens (including phenoxy) is 1. The average molecular weight is 251 g/mol. The first kappa shape index (κ1) is 15.0. The Hall–Kier alpha value is -1.06. The van der Waals surface area contributed by atoms with Gasteiger partial charge in [-0.15, -0.1) is 0 Å². The van der Waals surface area contributed by atoms with Crippen LogP contribution in [0.25, 0.3) is 0 Å². The molecule has 0 saturated carbocycles. The molecule has 3 heteroatoms. The predicted octanol–water partition coefficient (Wildman–Crippen LogP) is 2.53. The number of hydrogen-bond donors (Lipinski definition) is 1. The van der Waals surface area contributed by atoms with E-state index in [4.69, 9.17) is 4.74 Å². The summed E-state index contributed by atoms with van der Waals surface area (Å²) in [5.74, 6) is 1.23. The maximum Gasteiger partial charge on any atom is 0.118 e. The Morgan fingerprint density at radius 1 is 1.28 bits per heavy atom. The van der Waals surface area contributed by atoms with E-state index in [1.807, 2.05) is 19.2 Å². The molecule has 0 aromatic heterocycles. The molecule has 102 valence electrons. The maximum atomic E-state index is 9.99. The van der Waals surface area contributed by atoms with Gasteiger partial charge in [-0.05, 0) is 30.7 Å². The lowest BCUT2D eigenvalue weighted by molar-refractivity contribution is 0.0754. The third-order valence-electron chi connectivity index (χ3n) is 3.41. The van der Waals surface area contributed by atoms with Crippen LogP contribution < -0.4 is 4.74 Å². The number of aliphatic hydroxyl groups is 1. The molecule has 0 aliphatic carbocycles. The molecule has 1 rings (SSSR count). The molecule has 2 unspecified atom stereocenters. The van der Waals surface area contributed by atoms with Crippen LogP contribution in [0.5, 0.6) is 5.75 Å². The minimum Gasteiger partial charge on any atom is -0.497 e. The molecule has 0 aliphatic heterocycles. The molecule has 0 radical (unpaired) electrons. The summed E-state index contributed by atoms with van der Waals surface area (Å²) in [4.78, 5) is 2.15. The van der Waals surface area contributed by atoms with Crippen molar-refractivity contribution >= 4 is 0 Å². The summed E-state index contributed by atoms with van der Waals surface area (Å²) in [5.41, 5.74) is 1.23. The molecule has 0 fully saturated rings. The number of methoxy groups -OCH3 is 1. The van der Waals surface area contributed by atoms with E-state index in [1.54, 1.807) is 7.11 Å². The molecule has 1 aromatic rings. The van der Waals surface area contributed by atoms with Gasteiger partial charge in [0.05, 0.1) is 13.2 Å². The van der Waals surface area contributed by atoms with Gasteiger partial charge in [-0.2, -0.15) is 0 Å². The van der Waals surface area contributed by atoms with Crippen LogP contribution in [0.2, 0.25) is 0 Å². The highest BCUT2D eigenvalue weighted by Gasteiger charge is 2.14. The van der Waals surface area contributed by atoms with Gasteiger partial charge in [-0.1, -0.05) is 32.4 Å². The number of aliphatic hydroxyl groups excluding tert-OH is 1. The van der Waals surface area contributed by atoms with Crippen molar-refractivity contribution in [1.29, 1.82) is 0 Å². The second kappa shape index (κ2) is 7.39. The van der Waals surface area contributed by atoms with Gasteiger partial charge in [0.15, 0.2) is 0 Å². The van der Waals surface area contributed by atoms with E-state index in [1.165, 1.54) is 5.56 Å². The van der Waals surface area contributed by atoms with Gasteiger partial charge in [0.1, 0.15) is 5.75 Å². The van der Waals surface area contributed by atoms with Gasteiger partial charge in [-0.3, -0.25) is 4.90 Å². The Labute approximate surface area is 110 Å². The van der Waals surface area contributed by atoms with Crippen molar-refractivity contribution in [3.63, 3.8) is 0 Å². The van der Waals surface area contributed by atoms with Crippen LogP contribution in [-0.4, -0.2) is 36.8 Å². The van der Waals surface area contributed by atoms with E-state index in [2.05, 4.69) is 30.9 Å². The van der Waals surface area contributed by atoms with Crippen LogP contribution in [0.1, 0.15) is 25.8 Å². The van der Waals surface area contributed by atoms with Crippen molar-refractivity contribution in [3.8, 4) is 5.75 Å². The molecule has 0 spiro atoms. The lowest BCUT2D eigenvalue weighted by atomic mass is 10.0. The Bertz CT molecular complexity index is 337. The highest BCUT2D eigenvalue weighted by Crippen LogP contribution is 2.14. The zero-order valence-corrected chi connectivity index (χ0v) is 11.9. The fourth-order valence-corrected chi connectivity index (χ4v) is 1.88. The largest absolute Gasteiger partial charge is 0.497 e. The number of benzene rings is 1.